The zero-order valence-corrected chi connectivity index (χ0v) is 12.4. The Kier molecular flexibility index (Phi) is 3.97. The Morgan fingerprint density at radius 2 is 1.71 bits per heavy atom. The normalized spacial score (nSPS) is 10.8. The topological polar surface area (TPSA) is 46.3 Å². The van der Waals surface area contributed by atoms with Crippen LogP contribution in [0, 0.1) is 0 Å². The number of aromatic nitrogens is 1. The van der Waals surface area contributed by atoms with Gasteiger partial charge in [0, 0.05) is 21.2 Å². The van der Waals surface area contributed by atoms with E-state index in [1.165, 1.54) is 0 Å². The molecule has 0 unspecified atom stereocenters. The minimum absolute atomic E-state index is 0.177. The van der Waals surface area contributed by atoms with Gasteiger partial charge in [-0.3, -0.25) is 0 Å². The molecule has 0 aliphatic heterocycles. The van der Waals surface area contributed by atoms with Crippen molar-refractivity contribution in [3.8, 4) is 22.6 Å². The fourth-order valence-corrected chi connectivity index (χ4v) is 2.46. The van der Waals surface area contributed by atoms with Gasteiger partial charge in [-0.25, -0.2) is 0 Å². The van der Waals surface area contributed by atoms with Gasteiger partial charge >= 0.3 is 0 Å². The number of halogens is 2. The van der Waals surface area contributed by atoms with Crippen molar-refractivity contribution in [2.75, 3.05) is 0 Å². The molecule has 0 fully saturated rings. The Hall–Kier alpha value is -1.81. The van der Waals surface area contributed by atoms with Gasteiger partial charge in [0.25, 0.3) is 0 Å². The van der Waals surface area contributed by atoms with Gasteiger partial charge in [0.05, 0.1) is 12.2 Å². The summed E-state index contributed by atoms with van der Waals surface area (Å²) >= 11 is 11.9. The standard InChI is InChI=1S/C16H11Cl2NO2/c17-12-6-4-10(5-7-12)15-14(9-20)16(21-19-15)11-2-1-3-13(18)8-11/h1-8,20H,9H2. The van der Waals surface area contributed by atoms with Crippen LogP contribution in [0.1, 0.15) is 5.56 Å². The van der Waals surface area contributed by atoms with E-state index in [0.29, 0.717) is 27.1 Å². The van der Waals surface area contributed by atoms with Crippen molar-refractivity contribution in [2.24, 2.45) is 0 Å². The van der Waals surface area contributed by atoms with E-state index >= 15 is 0 Å². The van der Waals surface area contributed by atoms with Crippen LogP contribution in [0.5, 0.6) is 0 Å². The third-order valence-electron chi connectivity index (χ3n) is 3.15. The molecule has 0 aliphatic rings. The van der Waals surface area contributed by atoms with Crippen molar-refractivity contribution in [2.45, 2.75) is 6.61 Å². The number of aliphatic hydroxyl groups excluding tert-OH is 1. The van der Waals surface area contributed by atoms with Gasteiger partial charge in [-0.15, -0.1) is 0 Å². The fraction of sp³-hybridized carbons (Fsp3) is 0.0625. The summed E-state index contributed by atoms with van der Waals surface area (Å²) in [6.45, 7) is -0.177. The summed E-state index contributed by atoms with van der Waals surface area (Å²) < 4.78 is 5.41. The lowest BCUT2D eigenvalue weighted by Crippen LogP contribution is -1.89. The summed E-state index contributed by atoms with van der Waals surface area (Å²) in [7, 11) is 0. The molecule has 0 amide bonds. The zero-order chi connectivity index (χ0) is 14.8. The second-order valence-corrected chi connectivity index (χ2v) is 5.39. The van der Waals surface area contributed by atoms with Crippen molar-refractivity contribution in [1.82, 2.24) is 5.16 Å². The Bertz CT molecular complexity index is 766. The summed E-state index contributed by atoms with van der Waals surface area (Å²) in [6.07, 6.45) is 0. The van der Waals surface area contributed by atoms with Crippen LogP contribution in [-0.4, -0.2) is 10.3 Å². The molecule has 0 aliphatic carbocycles. The smallest absolute Gasteiger partial charge is 0.173 e. The lowest BCUT2D eigenvalue weighted by molar-refractivity contribution is 0.281. The second kappa shape index (κ2) is 5.90. The van der Waals surface area contributed by atoms with Gasteiger partial charge < -0.3 is 9.63 Å². The molecule has 21 heavy (non-hydrogen) atoms. The van der Waals surface area contributed by atoms with E-state index in [0.717, 1.165) is 11.1 Å². The number of benzene rings is 2. The number of rotatable bonds is 3. The second-order valence-electron chi connectivity index (χ2n) is 4.51. The van der Waals surface area contributed by atoms with E-state index in [2.05, 4.69) is 5.16 Å². The summed E-state index contributed by atoms with van der Waals surface area (Å²) in [5.41, 5.74) is 2.84. The van der Waals surface area contributed by atoms with Crippen LogP contribution in [-0.2, 0) is 6.61 Å². The quantitative estimate of drug-likeness (QED) is 0.753. The van der Waals surface area contributed by atoms with Crippen molar-refractivity contribution in [3.05, 3.63) is 64.1 Å². The average molecular weight is 320 g/mol. The maximum Gasteiger partial charge on any atom is 0.173 e. The van der Waals surface area contributed by atoms with Crippen LogP contribution >= 0.6 is 23.2 Å². The number of aliphatic hydroxyl groups is 1. The lowest BCUT2D eigenvalue weighted by Gasteiger charge is -2.02. The molecule has 2 aromatic carbocycles. The van der Waals surface area contributed by atoms with Crippen LogP contribution in [0.15, 0.2) is 53.1 Å². The molecule has 3 nitrogen and oxygen atoms in total. The van der Waals surface area contributed by atoms with Gasteiger partial charge in [0.15, 0.2) is 5.76 Å². The highest BCUT2D eigenvalue weighted by Crippen LogP contribution is 2.33. The summed E-state index contributed by atoms with van der Waals surface area (Å²) in [6, 6.07) is 14.4. The van der Waals surface area contributed by atoms with Crippen molar-refractivity contribution in [1.29, 1.82) is 0 Å². The Labute approximate surface area is 131 Å². The number of nitrogens with zero attached hydrogens (tertiary/aromatic N) is 1. The first-order valence-electron chi connectivity index (χ1n) is 6.30. The minimum Gasteiger partial charge on any atom is -0.391 e. The summed E-state index contributed by atoms with van der Waals surface area (Å²) in [5, 5.41) is 15.0. The maximum absolute atomic E-state index is 9.68. The van der Waals surface area contributed by atoms with Gasteiger partial charge in [-0.1, -0.05) is 52.6 Å². The van der Waals surface area contributed by atoms with E-state index in [9.17, 15) is 5.11 Å². The average Bonchev–Trinajstić information content (AvgIpc) is 2.92. The Morgan fingerprint density at radius 1 is 0.952 bits per heavy atom. The molecule has 0 spiro atoms. The van der Waals surface area contributed by atoms with Crippen molar-refractivity contribution < 1.29 is 9.63 Å². The van der Waals surface area contributed by atoms with Crippen LogP contribution < -0.4 is 0 Å². The highest BCUT2D eigenvalue weighted by Gasteiger charge is 2.18. The van der Waals surface area contributed by atoms with Crippen LogP contribution in [0.25, 0.3) is 22.6 Å². The monoisotopic (exact) mass is 319 g/mol. The van der Waals surface area contributed by atoms with Gasteiger partial charge in [-0.05, 0) is 24.3 Å². The van der Waals surface area contributed by atoms with Gasteiger partial charge in [0.2, 0.25) is 0 Å². The highest BCUT2D eigenvalue weighted by atomic mass is 35.5. The Balaban J connectivity index is 2.11. The molecule has 3 aromatic rings. The molecule has 0 saturated heterocycles. The van der Waals surface area contributed by atoms with E-state index in [1.807, 2.05) is 24.3 Å². The summed E-state index contributed by atoms with van der Waals surface area (Å²) in [4.78, 5) is 0. The molecule has 5 heteroatoms. The van der Waals surface area contributed by atoms with Crippen LogP contribution in [0.4, 0.5) is 0 Å². The van der Waals surface area contributed by atoms with Crippen molar-refractivity contribution in [3.63, 3.8) is 0 Å². The molecule has 0 radical (unpaired) electrons. The highest BCUT2D eigenvalue weighted by molar-refractivity contribution is 6.31. The van der Waals surface area contributed by atoms with E-state index in [4.69, 9.17) is 27.7 Å². The first-order valence-corrected chi connectivity index (χ1v) is 7.06. The van der Waals surface area contributed by atoms with E-state index in [1.54, 1.807) is 24.3 Å². The number of hydrogen-bond acceptors (Lipinski definition) is 3. The third kappa shape index (κ3) is 2.81. The molecule has 1 aromatic heterocycles. The lowest BCUT2D eigenvalue weighted by atomic mass is 10.0. The summed E-state index contributed by atoms with van der Waals surface area (Å²) in [5.74, 6) is 0.518. The van der Waals surface area contributed by atoms with Gasteiger partial charge in [-0.2, -0.15) is 0 Å². The Morgan fingerprint density at radius 3 is 2.38 bits per heavy atom. The molecule has 0 saturated carbocycles. The first-order chi connectivity index (χ1) is 10.2. The van der Waals surface area contributed by atoms with Crippen LogP contribution in [0.2, 0.25) is 10.0 Å². The fourth-order valence-electron chi connectivity index (χ4n) is 2.15. The zero-order valence-electron chi connectivity index (χ0n) is 10.9. The molecule has 106 valence electrons. The molecule has 3 rings (SSSR count). The van der Waals surface area contributed by atoms with Gasteiger partial charge in [0.1, 0.15) is 5.69 Å². The van der Waals surface area contributed by atoms with E-state index < -0.39 is 0 Å². The molecule has 1 N–H and O–H groups in total. The molecular formula is C16H11Cl2NO2. The first kappa shape index (κ1) is 14.1. The maximum atomic E-state index is 9.68. The van der Waals surface area contributed by atoms with E-state index in [-0.39, 0.29) is 6.61 Å². The number of hydrogen-bond donors (Lipinski definition) is 1. The SMILES string of the molecule is OCc1c(-c2ccc(Cl)cc2)noc1-c1cccc(Cl)c1. The predicted molar refractivity (Wildman–Crippen MR) is 83.3 cm³/mol. The third-order valence-corrected chi connectivity index (χ3v) is 3.64. The van der Waals surface area contributed by atoms with Crippen LogP contribution in [0.3, 0.4) is 0 Å². The molecule has 0 bridgehead atoms. The predicted octanol–water partition coefficient (Wildman–Crippen LogP) is 4.81. The molecular weight excluding hydrogens is 309 g/mol. The molecule has 1 heterocycles. The largest absolute Gasteiger partial charge is 0.391 e. The van der Waals surface area contributed by atoms with Crippen molar-refractivity contribution >= 4 is 23.2 Å². The molecule has 0 atom stereocenters. The minimum atomic E-state index is -0.177.